The van der Waals surface area contributed by atoms with E-state index in [0.29, 0.717) is 6.54 Å². The zero-order valence-corrected chi connectivity index (χ0v) is 22.2. The Kier molecular flexibility index (Phi) is 9.30. The number of hydrogen-bond donors (Lipinski definition) is 2. The minimum Gasteiger partial charge on any atom is -0.550 e. The number of anilines is 1. The molecule has 0 saturated carbocycles. The van der Waals surface area contributed by atoms with E-state index in [-0.39, 0.29) is 5.91 Å². The first-order chi connectivity index (χ1) is 18.4. The number of quaternary nitrogens is 1. The lowest BCUT2D eigenvalue weighted by Crippen LogP contribution is -3.15. The lowest BCUT2D eigenvalue weighted by molar-refractivity contribution is -0.904. The topological polar surface area (TPSA) is 83.9 Å². The van der Waals surface area contributed by atoms with E-state index < -0.39 is 5.97 Å². The number of nitrogens with one attached hydrogen (secondary N) is 2. The first kappa shape index (κ1) is 27.1. The Morgan fingerprint density at radius 3 is 2.16 bits per heavy atom. The maximum Gasteiger partial charge on any atom is 0.240 e. The van der Waals surface area contributed by atoms with Crippen LogP contribution in [0.15, 0.2) is 84.9 Å². The second-order valence-electron chi connectivity index (χ2n) is 9.70. The van der Waals surface area contributed by atoms with Gasteiger partial charge in [-0.1, -0.05) is 66.7 Å². The van der Waals surface area contributed by atoms with E-state index in [1.54, 1.807) is 9.80 Å². The van der Waals surface area contributed by atoms with Gasteiger partial charge < -0.3 is 24.7 Å². The van der Waals surface area contributed by atoms with Crippen molar-refractivity contribution in [2.75, 3.05) is 51.2 Å². The second kappa shape index (κ2) is 13.0. The molecule has 2 N–H and O–H groups in total. The van der Waals surface area contributed by atoms with Gasteiger partial charge in [-0.3, -0.25) is 9.69 Å². The zero-order chi connectivity index (χ0) is 26.9. The summed E-state index contributed by atoms with van der Waals surface area (Å²) in [7, 11) is 1.87. The monoisotopic (exact) mass is 512 g/mol. The summed E-state index contributed by atoms with van der Waals surface area (Å²) in [6.45, 7) is 6.63. The van der Waals surface area contributed by atoms with Gasteiger partial charge in [-0.2, -0.15) is 0 Å². The van der Waals surface area contributed by atoms with E-state index in [4.69, 9.17) is 9.90 Å². The third-order valence-corrected chi connectivity index (χ3v) is 7.04. The molecule has 1 amide bonds. The van der Waals surface area contributed by atoms with Crippen LogP contribution in [0.25, 0.3) is 22.2 Å². The van der Waals surface area contributed by atoms with Crippen molar-refractivity contribution < 1.29 is 19.6 Å². The van der Waals surface area contributed by atoms with E-state index >= 15 is 0 Å². The highest BCUT2D eigenvalue weighted by Gasteiger charge is 2.24. The number of fused-ring (bicyclic) bond motifs is 1. The maximum atomic E-state index is 12.7. The van der Waals surface area contributed by atoms with E-state index in [2.05, 4.69) is 64.5 Å². The van der Waals surface area contributed by atoms with Crippen LogP contribution in [0, 0.1) is 0 Å². The molecule has 0 unspecified atom stereocenters. The third kappa shape index (κ3) is 7.09. The molecule has 3 aromatic carbocycles. The Morgan fingerprint density at radius 1 is 0.921 bits per heavy atom. The van der Waals surface area contributed by atoms with E-state index in [1.165, 1.54) is 27.7 Å². The molecule has 0 spiro atoms. The molecule has 7 heteroatoms. The molecular weight excluding hydrogens is 476 g/mol. The van der Waals surface area contributed by atoms with Crippen LogP contribution in [0.2, 0.25) is 0 Å². The minimum atomic E-state index is -1.08. The van der Waals surface area contributed by atoms with E-state index in [0.717, 1.165) is 51.8 Å². The predicted molar refractivity (Wildman–Crippen MR) is 150 cm³/mol. The van der Waals surface area contributed by atoms with Crippen molar-refractivity contribution in [3.05, 3.63) is 90.5 Å². The van der Waals surface area contributed by atoms with Crippen LogP contribution >= 0.6 is 0 Å². The normalized spacial score (nSPS) is 14.1. The highest BCUT2D eigenvalue weighted by atomic mass is 16.4. The summed E-state index contributed by atoms with van der Waals surface area (Å²) in [4.78, 5) is 31.0. The lowest BCUT2D eigenvalue weighted by Gasteiger charge is -2.32. The van der Waals surface area contributed by atoms with Gasteiger partial charge in [-0.05, 0) is 36.2 Å². The largest absolute Gasteiger partial charge is 0.550 e. The number of hydrogen-bond acceptors (Lipinski definition) is 4. The summed E-state index contributed by atoms with van der Waals surface area (Å²) in [5.74, 6) is -0.930. The number of piperazine rings is 1. The zero-order valence-electron chi connectivity index (χ0n) is 22.2. The summed E-state index contributed by atoms with van der Waals surface area (Å²) in [6.07, 6.45) is 1.04. The number of rotatable bonds is 7. The first-order valence-corrected chi connectivity index (χ1v) is 13.1. The Balaban J connectivity index is 0.000000786. The highest BCUT2D eigenvalue weighted by Crippen LogP contribution is 2.30. The van der Waals surface area contributed by atoms with Crippen LogP contribution in [-0.2, 0) is 16.0 Å². The van der Waals surface area contributed by atoms with Crippen molar-refractivity contribution in [1.29, 1.82) is 0 Å². The second-order valence-corrected chi connectivity index (χ2v) is 9.70. The van der Waals surface area contributed by atoms with Gasteiger partial charge in [0, 0.05) is 54.8 Å². The Labute approximate surface area is 224 Å². The number of carbonyl (C=O) groups excluding carboxylic acids is 2. The molecule has 1 aliphatic heterocycles. The van der Waals surface area contributed by atoms with Crippen LogP contribution in [0.3, 0.4) is 0 Å². The summed E-state index contributed by atoms with van der Waals surface area (Å²) >= 11 is 0. The number of H-pyrrole nitrogens is 1. The third-order valence-electron chi connectivity index (χ3n) is 7.04. The Hall–Kier alpha value is -3.94. The molecule has 1 aliphatic rings. The van der Waals surface area contributed by atoms with Gasteiger partial charge in [-0.15, -0.1) is 0 Å². The molecule has 0 bridgehead atoms. The number of carbonyl (C=O) groups is 2. The molecule has 5 rings (SSSR count). The number of benzene rings is 3. The molecule has 38 heavy (non-hydrogen) atoms. The molecular formula is C31H36N4O3. The van der Waals surface area contributed by atoms with Gasteiger partial charge in [0.15, 0.2) is 0 Å². The number of aromatic nitrogens is 1. The van der Waals surface area contributed by atoms with Crippen LogP contribution in [0.4, 0.5) is 5.69 Å². The van der Waals surface area contributed by atoms with Crippen LogP contribution in [-0.4, -0.2) is 68.1 Å². The highest BCUT2D eigenvalue weighted by molar-refractivity contribution is 5.94. The fourth-order valence-electron chi connectivity index (χ4n) is 4.98. The average molecular weight is 513 g/mol. The molecule has 1 aromatic heterocycles. The molecule has 1 saturated heterocycles. The number of carboxylic acid groups (broad SMARTS) is 1. The molecule has 0 radical (unpaired) electrons. The quantitative estimate of drug-likeness (QED) is 0.397. The van der Waals surface area contributed by atoms with Crippen LogP contribution < -0.4 is 14.9 Å². The van der Waals surface area contributed by atoms with Crippen molar-refractivity contribution in [3.63, 3.8) is 0 Å². The van der Waals surface area contributed by atoms with Crippen molar-refractivity contribution in [2.24, 2.45) is 0 Å². The molecule has 0 atom stereocenters. The van der Waals surface area contributed by atoms with Gasteiger partial charge in [0.1, 0.15) is 0 Å². The molecule has 7 nitrogen and oxygen atoms in total. The molecule has 0 aliphatic carbocycles. The van der Waals surface area contributed by atoms with Crippen LogP contribution in [0.5, 0.6) is 0 Å². The number of para-hydroxylation sites is 2. The minimum absolute atomic E-state index is 0.154. The summed E-state index contributed by atoms with van der Waals surface area (Å²) < 4.78 is 0. The summed E-state index contributed by atoms with van der Waals surface area (Å²) in [5, 5.41) is 10.2. The molecule has 2 heterocycles. The average Bonchev–Trinajstić information content (AvgIpc) is 3.31. The fraction of sp³-hybridized carbons (Fsp3) is 0.290. The number of carboxylic acids is 1. The summed E-state index contributed by atoms with van der Waals surface area (Å²) in [5.41, 5.74) is 6.06. The Bertz CT molecular complexity index is 1330. The standard InChI is InChI=1S/C29H32N4O.C2H4O2/c1-31(24-12-6-3-7-13-24)28(34)22-33-20-18-32(19-21-33)17-16-26-25-14-8-9-15-27(25)30-29(26)23-10-4-2-5-11-23;1-2(3)4/h2-15,30H,16-22H2,1H3;1H3,(H,3,4). The lowest BCUT2D eigenvalue weighted by atomic mass is 10.0. The van der Waals surface area contributed by atoms with Crippen molar-refractivity contribution >= 4 is 28.5 Å². The van der Waals surface area contributed by atoms with Crippen molar-refractivity contribution in [3.8, 4) is 11.3 Å². The summed E-state index contributed by atoms with van der Waals surface area (Å²) in [6, 6.07) is 29.1. The smallest absolute Gasteiger partial charge is 0.240 e. The predicted octanol–water partition coefficient (Wildman–Crippen LogP) is 2.00. The van der Waals surface area contributed by atoms with Gasteiger partial charge in [0.25, 0.3) is 0 Å². The fourth-order valence-corrected chi connectivity index (χ4v) is 4.98. The number of aliphatic carboxylic acids is 1. The first-order valence-electron chi connectivity index (χ1n) is 13.1. The van der Waals surface area contributed by atoms with E-state index in [9.17, 15) is 4.79 Å². The number of amides is 1. The Morgan fingerprint density at radius 2 is 1.50 bits per heavy atom. The number of aromatic amines is 1. The molecule has 4 aromatic rings. The molecule has 1 fully saturated rings. The number of likely N-dealkylation sites (N-methyl/N-ethyl adjacent to an activating group) is 1. The number of nitrogens with zero attached hydrogens (tertiary/aromatic N) is 2. The van der Waals surface area contributed by atoms with Crippen molar-refractivity contribution in [2.45, 2.75) is 13.3 Å². The SMILES string of the molecule is CC(=O)[O-].CN(C(=O)CN1CC[NH+](CCc2c(-c3ccccc3)[nH]c3ccccc23)CC1)c1ccccc1. The maximum absolute atomic E-state index is 12.7. The van der Waals surface area contributed by atoms with Gasteiger partial charge in [-0.25, -0.2) is 0 Å². The van der Waals surface area contributed by atoms with Crippen LogP contribution in [0.1, 0.15) is 12.5 Å². The van der Waals surface area contributed by atoms with Gasteiger partial charge >= 0.3 is 0 Å². The van der Waals surface area contributed by atoms with E-state index in [1.807, 2.05) is 37.4 Å². The van der Waals surface area contributed by atoms with Crippen molar-refractivity contribution in [1.82, 2.24) is 9.88 Å². The van der Waals surface area contributed by atoms with Gasteiger partial charge in [0.05, 0.1) is 26.2 Å². The molecule has 198 valence electrons. The van der Waals surface area contributed by atoms with Gasteiger partial charge in [0.2, 0.25) is 5.91 Å².